The minimum absolute atomic E-state index is 0. The van der Waals surface area contributed by atoms with Gasteiger partial charge in [0.25, 0.3) is 5.91 Å². The van der Waals surface area contributed by atoms with Crippen molar-refractivity contribution in [2.24, 2.45) is 0 Å². The third-order valence-electron chi connectivity index (χ3n) is 4.38. The number of aromatic hydroxyl groups is 2. The summed E-state index contributed by atoms with van der Waals surface area (Å²) in [7, 11) is -4.60. The smallest absolute Gasteiger partial charge is 1.00 e. The van der Waals surface area contributed by atoms with Crippen molar-refractivity contribution in [3.63, 3.8) is 0 Å². The second kappa shape index (κ2) is 7.61. The molecule has 2 atom stereocenters. The van der Waals surface area contributed by atoms with E-state index in [0.29, 0.717) is 16.3 Å². The molecule has 2 saturated heterocycles. The number of fused-ring (bicyclic) bond motifs is 1. The Balaban J connectivity index is 0.00000182. The summed E-state index contributed by atoms with van der Waals surface area (Å²) < 4.78 is 31.7. The molecule has 0 bridgehead atoms. The summed E-state index contributed by atoms with van der Waals surface area (Å²) in [6, 6.07) is 2.23. The molecular weight excluding hydrogens is 377 g/mol. The molecule has 0 radical (unpaired) electrons. The van der Waals surface area contributed by atoms with Crippen LogP contribution in [0.5, 0.6) is 11.5 Å². The van der Waals surface area contributed by atoms with Gasteiger partial charge in [0, 0.05) is 13.1 Å². The van der Waals surface area contributed by atoms with Gasteiger partial charge in [0.1, 0.15) is 6.04 Å². The molecule has 12 heteroatoms. The van der Waals surface area contributed by atoms with Crippen LogP contribution in [0, 0.1) is 0 Å². The van der Waals surface area contributed by atoms with Crippen molar-refractivity contribution in [2.45, 2.75) is 24.9 Å². The number of nitrogens with zero attached hydrogens (tertiary/aromatic N) is 2. The molecule has 2 heterocycles. The summed E-state index contributed by atoms with van der Waals surface area (Å²) in [5.74, 6) is -1.30. The van der Waals surface area contributed by atoms with E-state index < -0.39 is 34.3 Å². The van der Waals surface area contributed by atoms with E-state index in [1.807, 2.05) is 0 Å². The molecule has 2 aliphatic heterocycles. The molecule has 0 aromatic heterocycles. The maximum Gasteiger partial charge on any atom is 1.00 e. The van der Waals surface area contributed by atoms with Crippen LogP contribution in [0.2, 0.25) is 0 Å². The number of carbonyl (C=O) groups excluding carboxylic acids is 2. The molecule has 2 fully saturated rings. The monoisotopic (exact) mass is 395 g/mol. The van der Waals surface area contributed by atoms with Gasteiger partial charge in [-0.15, -0.1) is 0 Å². The fraction of sp³-hybridized carbons (Fsp3) is 0.429. The molecular formula is C14H18N3NaO7S. The number of likely N-dealkylation sites (tertiary alicyclic amines) is 1. The molecule has 138 valence electrons. The zero-order chi connectivity index (χ0) is 18.4. The number of benzene rings is 1. The predicted octanol–water partition coefficient (Wildman–Crippen LogP) is -3.45. The predicted molar refractivity (Wildman–Crippen MR) is 85.3 cm³/mol. The first-order valence-electron chi connectivity index (χ1n) is 7.56. The number of rotatable bonds is 4. The van der Waals surface area contributed by atoms with E-state index in [1.54, 1.807) is 6.07 Å². The summed E-state index contributed by atoms with van der Waals surface area (Å²) in [6.07, 6.45) is 0.669. The van der Waals surface area contributed by atoms with Crippen molar-refractivity contribution in [1.29, 1.82) is 0 Å². The minimum atomic E-state index is -4.60. The molecule has 1 aromatic rings. The van der Waals surface area contributed by atoms with Gasteiger partial charge in [-0.2, -0.15) is 8.42 Å². The van der Waals surface area contributed by atoms with Crippen molar-refractivity contribution in [2.75, 3.05) is 13.1 Å². The Hall–Kier alpha value is -1.53. The van der Waals surface area contributed by atoms with E-state index in [0.717, 1.165) is 0 Å². The first kappa shape index (κ1) is 20.8. The Morgan fingerprint density at radius 3 is 2.62 bits per heavy atom. The molecule has 1 aromatic carbocycles. The molecule has 10 nitrogen and oxygen atoms in total. The zero-order valence-electron chi connectivity index (χ0n) is 15.0. The number of nitrogens with one attached hydrogen (secondary N) is 1. The van der Waals surface area contributed by atoms with Crippen LogP contribution in [0.25, 0.3) is 0 Å². The fourth-order valence-corrected chi connectivity index (χ4v) is 4.08. The molecule has 0 aliphatic carbocycles. The Morgan fingerprint density at radius 2 is 2.00 bits per heavy atom. The second-order valence-electron chi connectivity index (χ2n) is 5.91. The molecule has 3 rings (SSSR count). The van der Waals surface area contributed by atoms with Crippen molar-refractivity contribution >= 4 is 22.2 Å². The molecule has 3 amide bonds. The molecule has 4 N–H and O–H groups in total. The van der Waals surface area contributed by atoms with Crippen LogP contribution in [0.4, 0.5) is 4.79 Å². The van der Waals surface area contributed by atoms with Crippen LogP contribution in [-0.2, 0) is 21.5 Å². The standard InChI is InChI=1S/C14H17N3O7S.Na.H/c18-10-2-1-8(7-11(10)19)3-5-15-14(21)16-6-4-9-12(16)13(20)17(9)25(22,23)24;;/h1-2,7,9,12,18-19H,3-6H2,(H,15,21)(H,22,23,24);;/q;+1;-1/t9-,12+;;/m1../s1. The number of phenolic OH excluding ortho intramolecular Hbond substituents is 2. The average Bonchev–Trinajstić information content (AvgIpc) is 2.88. The van der Waals surface area contributed by atoms with E-state index in [4.69, 9.17) is 4.55 Å². The number of amides is 3. The SMILES string of the molecule is O=C(NCCc1ccc(O)c(O)c1)N1CC[C@@H]2[C@H]1C(=O)N2S(=O)(=O)O.[H-].[Na+]. The summed E-state index contributed by atoms with van der Waals surface area (Å²) in [5, 5.41) is 21.3. The topological polar surface area (TPSA) is 147 Å². The van der Waals surface area contributed by atoms with E-state index in [-0.39, 0.29) is 62.0 Å². The van der Waals surface area contributed by atoms with Gasteiger partial charge in [-0.25, -0.2) is 9.10 Å². The van der Waals surface area contributed by atoms with Crippen LogP contribution < -0.4 is 34.9 Å². The Morgan fingerprint density at radius 1 is 1.31 bits per heavy atom. The van der Waals surface area contributed by atoms with Gasteiger partial charge in [-0.1, -0.05) is 6.07 Å². The average molecular weight is 395 g/mol. The number of carbonyl (C=O) groups is 2. The van der Waals surface area contributed by atoms with Gasteiger partial charge in [-0.05, 0) is 30.5 Å². The quantitative estimate of drug-likeness (QED) is 0.179. The normalized spacial score (nSPS) is 21.7. The van der Waals surface area contributed by atoms with Gasteiger partial charge in [0.15, 0.2) is 11.5 Å². The first-order chi connectivity index (χ1) is 11.7. The third kappa shape index (κ3) is 3.76. The fourth-order valence-electron chi connectivity index (χ4n) is 3.18. The Labute approximate surface area is 173 Å². The van der Waals surface area contributed by atoms with Gasteiger partial charge in [-0.3, -0.25) is 9.35 Å². The van der Waals surface area contributed by atoms with E-state index >= 15 is 0 Å². The molecule has 26 heavy (non-hydrogen) atoms. The van der Waals surface area contributed by atoms with Crippen LogP contribution in [-0.4, -0.2) is 69.5 Å². The van der Waals surface area contributed by atoms with Crippen molar-refractivity contribution < 1.29 is 63.8 Å². The maximum atomic E-state index is 12.2. The largest absolute Gasteiger partial charge is 1.00 e. The second-order valence-corrected chi connectivity index (χ2v) is 7.20. The van der Waals surface area contributed by atoms with E-state index in [1.165, 1.54) is 17.0 Å². The molecule has 0 saturated carbocycles. The van der Waals surface area contributed by atoms with Gasteiger partial charge < -0.3 is 21.9 Å². The maximum absolute atomic E-state index is 12.2. The third-order valence-corrected chi connectivity index (χ3v) is 5.32. The van der Waals surface area contributed by atoms with Crippen LogP contribution in [0.1, 0.15) is 13.4 Å². The van der Waals surface area contributed by atoms with Crippen LogP contribution >= 0.6 is 0 Å². The Kier molecular flexibility index (Phi) is 6.08. The summed E-state index contributed by atoms with van der Waals surface area (Å²) >= 11 is 0. The number of urea groups is 1. The zero-order valence-corrected chi connectivity index (χ0v) is 16.8. The molecule has 2 aliphatic rings. The van der Waals surface area contributed by atoms with E-state index in [9.17, 15) is 28.2 Å². The first-order valence-corrected chi connectivity index (χ1v) is 8.96. The Bertz CT molecular complexity index is 838. The van der Waals surface area contributed by atoms with Crippen LogP contribution in [0.15, 0.2) is 18.2 Å². The summed E-state index contributed by atoms with van der Waals surface area (Å²) in [4.78, 5) is 25.3. The number of hydrogen-bond acceptors (Lipinski definition) is 6. The number of β-lactam (4-membered cyclic amide) rings is 1. The van der Waals surface area contributed by atoms with Gasteiger partial charge in [0.2, 0.25) is 0 Å². The van der Waals surface area contributed by atoms with Gasteiger partial charge in [0.05, 0.1) is 6.04 Å². The number of hydrogen-bond donors (Lipinski definition) is 4. The summed E-state index contributed by atoms with van der Waals surface area (Å²) in [5.41, 5.74) is 0.701. The molecule has 0 unspecified atom stereocenters. The van der Waals surface area contributed by atoms with Crippen molar-refractivity contribution in [3.05, 3.63) is 23.8 Å². The van der Waals surface area contributed by atoms with E-state index in [2.05, 4.69) is 5.32 Å². The minimum Gasteiger partial charge on any atom is -1.00 e. The van der Waals surface area contributed by atoms with Crippen molar-refractivity contribution in [3.8, 4) is 11.5 Å². The van der Waals surface area contributed by atoms with Crippen LogP contribution in [0.3, 0.4) is 0 Å². The number of phenols is 2. The summed E-state index contributed by atoms with van der Waals surface area (Å²) in [6.45, 7) is 0.437. The molecule has 0 spiro atoms. The van der Waals surface area contributed by atoms with Gasteiger partial charge >= 0.3 is 45.9 Å². The van der Waals surface area contributed by atoms with Crippen molar-refractivity contribution in [1.82, 2.24) is 14.5 Å².